The Kier molecular flexibility index (Phi) is 4.35. The third kappa shape index (κ3) is 3.64. The van der Waals surface area contributed by atoms with Gasteiger partial charge in [0.1, 0.15) is 5.82 Å². The first-order chi connectivity index (χ1) is 12.3. The van der Waals surface area contributed by atoms with Crippen molar-refractivity contribution in [1.29, 1.82) is 0 Å². The molecule has 1 N–H and O–H groups in total. The number of rotatable bonds is 5. The Hall–Kier alpha value is -2.86. The summed E-state index contributed by atoms with van der Waals surface area (Å²) in [7, 11) is 0. The van der Waals surface area contributed by atoms with E-state index in [9.17, 15) is 0 Å². The number of aryl methyl sites for hydroxylation is 1. The number of para-hydroxylation sites is 1. The first-order valence-corrected chi connectivity index (χ1v) is 9.00. The van der Waals surface area contributed by atoms with Gasteiger partial charge < -0.3 is 5.32 Å². The molecule has 0 atom stereocenters. The molecular formula is C19H17N5S. The molecule has 2 aromatic heterocycles. The van der Waals surface area contributed by atoms with Gasteiger partial charge in [0.2, 0.25) is 5.16 Å². The van der Waals surface area contributed by atoms with Crippen LogP contribution < -0.4 is 5.32 Å². The Morgan fingerprint density at radius 2 is 1.68 bits per heavy atom. The van der Waals surface area contributed by atoms with Crippen molar-refractivity contribution >= 4 is 29.0 Å². The van der Waals surface area contributed by atoms with Gasteiger partial charge in [0, 0.05) is 23.2 Å². The number of thioether (sulfide) groups is 1. The number of anilines is 2. The van der Waals surface area contributed by atoms with Gasteiger partial charge in [-0.2, -0.15) is 9.50 Å². The van der Waals surface area contributed by atoms with Crippen molar-refractivity contribution in [2.75, 3.05) is 5.32 Å². The number of aromatic nitrogens is 4. The fourth-order valence-electron chi connectivity index (χ4n) is 2.51. The number of benzene rings is 2. The van der Waals surface area contributed by atoms with Crippen molar-refractivity contribution < 1.29 is 0 Å². The van der Waals surface area contributed by atoms with Crippen LogP contribution >= 0.6 is 11.8 Å². The van der Waals surface area contributed by atoms with Crippen LogP contribution in [0.5, 0.6) is 0 Å². The van der Waals surface area contributed by atoms with Crippen LogP contribution in [0.15, 0.2) is 71.9 Å². The second-order valence-corrected chi connectivity index (χ2v) is 6.60. The highest BCUT2D eigenvalue weighted by Crippen LogP contribution is 2.23. The summed E-state index contributed by atoms with van der Waals surface area (Å²) < 4.78 is 1.76. The van der Waals surface area contributed by atoms with Crippen LogP contribution in [0.4, 0.5) is 11.5 Å². The predicted molar refractivity (Wildman–Crippen MR) is 101 cm³/mol. The molecule has 0 aliphatic carbocycles. The van der Waals surface area contributed by atoms with E-state index in [4.69, 9.17) is 0 Å². The Morgan fingerprint density at radius 1 is 0.960 bits per heavy atom. The maximum absolute atomic E-state index is 4.61. The molecule has 4 rings (SSSR count). The van der Waals surface area contributed by atoms with Crippen molar-refractivity contribution in [1.82, 2.24) is 19.6 Å². The van der Waals surface area contributed by atoms with E-state index < -0.39 is 0 Å². The molecule has 0 unspecified atom stereocenters. The molecule has 0 spiro atoms. The summed E-state index contributed by atoms with van der Waals surface area (Å²) in [5.41, 5.74) is 3.15. The van der Waals surface area contributed by atoms with Crippen LogP contribution in [0.25, 0.3) is 5.78 Å². The molecule has 2 aromatic carbocycles. The van der Waals surface area contributed by atoms with Crippen LogP contribution in [-0.2, 0) is 5.75 Å². The predicted octanol–water partition coefficient (Wildman–Crippen LogP) is 4.47. The second kappa shape index (κ2) is 6.94. The lowest BCUT2D eigenvalue weighted by atomic mass is 10.2. The molecule has 0 radical (unpaired) electrons. The van der Waals surface area contributed by atoms with Crippen molar-refractivity contribution in [3.05, 3.63) is 78.0 Å². The Balaban J connectivity index is 1.62. The van der Waals surface area contributed by atoms with Crippen LogP contribution in [0.2, 0.25) is 0 Å². The number of nitrogens with one attached hydrogen (secondary N) is 1. The molecule has 0 bridgehead atoms. The third-order valence-electron chi connectivity index (χ3n) is 3.68. The first kappa shape index (κ1) is 15.7. The number of hydrogen-bond acceptors (Lipinski definition) is 5. The lowest BCUT2D eigenvalue weighted by Gasteiger charge is -2.08. The van der Waals surface area contributed by atoms with Crippen molar-refractivity contribution in [2.45, 2.75) is 17.8 Å². The largest absolute Gasteiger partial charge is 0.340 e. The molecule has 124 valence electrons. The summed E-state index contributed by atoms with van der Waals surface area (Å²) in [6.07, 6.45) is 0. The monoisotopic (exact) mass is 347 g/mol. The zero-order valence-corrected chi connectivity index (χ0v) is 14.6. The van der Waals surface area contributed by atoms with Gasteiger partial charge in [-0.3, -0.25) is 0 Å². The van der Waals surface area contributed by atoms with Gasteiger partial charge in [-0.05, 0) is 24.6 Å². The molecule has 0 saturated heterocycles. The highest BCUT2D eigenvalue weighted by Gasteiger charge is 2.11. The molecule has 5 nitrogen and oxygen atoms in total. The van der Waals surface area contributed by atoms with E-state index >= 15 is 0 Å². The van der Waals surface area contributed by atoms with Gasteiger partial charge in [0.25, 0.3) is 5.78 Å². The van der Waals surface area contributed by atoms with Gasteiger partial charge in [-0.1, -0.05) is 60.3 Å². The van der Waals surface area contributed by atoms with Gasteiger partial charge in [-0.15, -0.1) is 5.10 Å². The quantitative estimate of drug-likeness (QED) is 0.540. The lowest BCUT2D eigenvalue weighted by molar-refractivity contribution is 0.882. The fraction of sp³-hybridized carbons (Fsp3) is 0.105. The van der Waals surface area contributed by atoms with E-state index in [1.807, 2.05) is 61.5 Å². The highest BCUT2D eigenvalue weighted by atomic mass is 32.2. The Bertz CT molecular complexity index is 983. The van der Waals surface area contributed by atoms with Gasteiger partial charge in [0.05, 0.1) is 0 Å². The highest BCUT2D eigenvalue weighted by molar-refractivity contribution is 7.98. The number of hydrogen-bond donors (Lipinski definition) is 1. The van der Waals surface area contributed by atoms with Crippen molar-refractivity contribution in [2.24, 2.45) is 0 Å². The van der Waals surface area contributed by atoms with Gasteiger partial charge >= 0.3 is 0 Å². The summed E-state index contributed by atoms with van der Waals surface area (Å²) >= 11 is 1.61. The van der Waals surface area contributed by atoms with E-state index in [1.165, 1.54) is 5.56 Å². The van der Waals surface area contributed by atoms with Crippen LogP contribution in [0.1, 0.15) is 11.3 Å². The number of nitrogens with zero attached hydrogens (tertiary/aromatic N) is 4. The molecular weight excluding hydrogens is 330 g/mol. The maximum atomic E-state index is 4.61. The zero-order chi connectivity index (χ0) is 17.1. The standard InChI is InChI=1S/C19H17N5S/c1-14-12-17(21-16-10-6-3-7-11-16)24-18(20-14)22-19(23-24)25-13-15-8-4-2-5-9-15/h2-12,21H,13H2,1H3. The van der Waals surface area contributed by atoms with E-state index in [1.54, 1.807) is 16.3 Å². The molecule has 0 fully saturated rings. The molecule has 6 heteroatoms. The summed E-state index contributed by atoms with van der Waals surface area (Å²) in [5, 5.41) is 8.72. The molecule has 0 aliphatic rings. The summed E-state index contributed by atoms with van der Waals surface area (Å²) in [6, 6.07) is 22.3. The lowest BCUT2D eigenvalue weighted by Crippen LogP contribution is -2.02. The second-order valence-electron chi connectivity index (χ2n) is 5.65. The summed E-state index contributed by atoms with van der Waals surface area (Å²) in [6.45, 7) is 1.96. The van der Waals surface area contributed by atoms with E-state index in [0.717, 1.165) is 28.1 Å². The molecule has 4 aromatic rings. The van der Waals surface area contributed by atoms with E-state index in [0.29, 0.717) is 5.78 Å². The molecule has 0 aliphatic heterocycles. The van der Waals surface area contributed by atoms with Gasteiger partial charge in [0.15, 0.2) is 0 Å². The fourth-order valence-corrected chi connectivity index (χ4v) is 3.28. The topological polar surface area (TPSA) is 55.1 Å². The molecule has 0 amide bonds. The van der Waals surface area contributed by atoms with Crippen molar-refractivity contribution in [3.63, 3.8) is 0 Å². The van der Waals surface area contributed by atoms with Crippen molar-refractivity contribution in [3.8, 4) is 0 Å². The minimum absolute atomic E-state index is 0.606. The number of fused-ring (bicyclic) bond motifs is 1. The maximum Gasteiger partial charge on any atom is 0.255 e. The van der Waals surface area contributed by atoms with E-state index in [2.05, 4.69) is 32.5 Å². The van der Waals surface area contributed by atoms with E-state index in [-0.39, 0.29) is 0 Å². The summed E-state index contributed by atoms with van der Waals surface area (Å²) in [5.74, 6) is 2.29. The van der Waals surface area contributed by atoms with Gasteiger partial charge in [-0.25, -0.2) is 4.98 Å². The molecule has 2 heterocycles. The minimum atomic E-state index is 0.606. The van der Waals surface area contributed by atoms with Crippen LogP contribution in [0.3, 0.4) is 0 Å². The third-order valence-corrected chi connectivity index (χ3v) is 4.59. The Labute approximate surface area is 150 Å². The first-order valence-electron chi connectivity index (χ1n) is 8.01. The van der Waals surface area contributed by atoms with Crippen LogP contribution in [0, 0.1) is 6.92 Å². The molecule has 0 saturated carbocycles. The average molecular weight is 347 g/mol. The minimum Gasteiger partial charge on any atom is -0.340 e. The normalized spacial score (nSPS) is 10.9. The molecule has 25 heavy (non-hydrogen) atoms. The summed E-state index contributed by atoms with van der Waals surface area (Å²) in [4.78, 5) is 9.04. The Morgan fingerprint density at radius 3 is 2.44 bits per heavy atom. The SMILES string of the molecule is Cc1cc(Nc2ccccc2)n2nc(SCc3ccccc3)nc2n1. The smallest absolute Gasteiger partial charge is 0.255 e. The zero-order valence-electron chi connectivity index (χ0n) is 13.8. The van der Waals surface area contributed by atoms with Crippen LogP contribution in [-0.4, -0.2) is 19.6 Å². The average Bonchev–Trinajstić information content (AvgIpc) is 3.05.